The van der Waals surface area contributed by atoms with Crippen LogP contribution in [0.4, 0.5) is 10.5 Å². The number of likely N-dealkylation sites (tertiary alicyclic amines) is 1. The van der Waals surface area contributed by atoms with Gasteiger partial charge in [-0.05, 0) is 61.4 Å². The molecule has 3 N–H and O–H groups in total. The Morgan fingerprint density at radius 3 is 2.58 bits per heavy atom. The van der Waals surface area contributed by atoms with Gasteiger partial charge in [0.25, 0.3) is 0 Å². The molecule has 0 radical (unpaired) electrons. The summed E-state index contributed by atoms with van der Waals surface area (Å²) in [7, 11) is 1.44. The van der Waals surface area contributed by atoms with Crippen LogP contribution in [0.25, 0.3) is 0 Å². The highest BCUT2D eigenvalue weighted by atomic mass is 16.5. The number of amides is 3. The van der Waals surface area contributed by atoms with Crippen molar-refractivity contribution in [3.05, 3.63) is 53.1 Å². The number of anilines is 1. The highest BCUT2D eigenvalue weighted by molar-refractivity contribution is 5.91. The van der Waals surface area contributed by atoms with Crippen LogP contribution in [0.15, 0.2) is 36.4 Å². The zero-order valence-electron chi connectivity index (χ0n) is 20.7. The number of fused-ring (bicyclic) bond motifs is 1. The maximum atomic E-state index is 13.0. The van der Waals surface area contributed by atoms with E-state index in [9.17, 15) is 24.6 Å². The number of carbonyl (C=O) groups excluding carboxylic acids is 2. The summed E-state index contributed by atoms with van der Waals surface area (Å²) in [6, 6.07) is 11.0. The van der Waals surface area contributed by atoms with Crippen LogP contribution in [0.5, 0.6) is 11.5 Å². The number of benzene rings is 2. The number of aliphatic carboxylic acids is 1. The number of carbonyl (C=O) groups is 3. The van der Waals surface area contributed by atoms with Crippen molar-refractivity contribution >= 4 is 23.6 Å². The molecule has 3 amide bonds. The predicted octanol–water partition coefficient (Wildman–Crippen LogP) is 3.42. The van der Waals surface area contributed by atoms with Gasteiger partial charge in [0.05, 0.1) is 13.0 Å². The van der Waals surface area contributed by atoms with Crippen molar-refractivity contribution in [2.45, 2.75) is 45.1 Å². The number of ether oxygens (including phenoxy) is 1. The zero-order valence-corrected chi connectivity index (χ0v) is 20.7. The molecule has 1 unspecified atom stereocenters. The van der Waals surface area contributed by atoms with Crippen LogP contribution in [-0.2, 0) is 22.4 Å². The second-order valence-corrected chi connectivity index (χ2v) is 9.55. The number of hydrogen-bond acceptors (Lipinski definition) is 5. The third-order valence-corrected chi connectivity index (χ3v) is 7.20. The lowest BCUT2D eigenvalue weighted by atomic mass is 9.93. The van der Waals surface area contributed by atoms with Gasteiger partial charge in [0.1, 0.15) is 0 Å². The van der Waals surface area contributed by atoms with Gasteiger partial charge in [-0.15, -0.1) is 0 Å². The molecule has 2 aromatic carbocycles. The Bertz CT molecular complexity index is 1140. The van der Waals surface area contributed by atoms with Crippen molar-refractivity contribution in [2.75, 3.05) is 32.1 Å². The van der Waals surface area contributed by atoms with E-state index in [-0.39, 0.29) is 42.3 Å². The van der Waals surface area contributed by atoms with Crippen LogP contribution in [-0.4, -0.2) is 70.7 Å². The average Bonchev–Trinajstić information content (AvgIpc) is 3.03. The summed E-state index contributed by atoms with van der Waals surface area (Å²) in [5, 5.41) is 22.8. The third kappa shape index (κ3) is 5.56. The monoisotopic (exact) mass is 495 g/mol. The Balaban J connectivity index is 1.34. The van der Waals surface area contributed by atoms with Gasteiger partial charge < -0.3 is 30.1 Å². The molecule has 1 saturated heterocycles. The first-order chi connectivity index (χ1) is 17.3. The van der Waals surface area contributed by atoms with Crippen molar-refractivity contribution in [3.8, 4) is 11.5 Å². The molecule has 2 aliphatic heterocycles. The lowest BCUT2D eigenvalue weighted by Crippen LogP contribution is -2.50. The number of methoxy groups -OCH3 is 1. The van der Waals surface area contributed by atoms with E-state index in [0.717, 1.165) is 17.7 Å². The number of urea groups is 1. The number of rotatable bonds is 7. The average molecular weight is 496 g/mol. The van der Waals surface area contributed by atoms with Crippen molar-refractivity contribution < 1.29 is 29.3 Å². The standard InChI is InChI=1S/C27H33N3O6/c1-17-13-18(15-23(36-2)25(17)32)14-20(26(33)34)16-24(31)29-10-8-21(9-11-29)30-12-7-19-5-3-4-6-22(19)28-27(30)35/h3-6,13,15,20-21,32H,7-12,14,16H2,1-2H3,(H,28,35)(H,33,34). The van der Waals surface area contributed by atoms with E-state index in [4.69, 9.17) is 4.74 Å². The Morgan fingerprint density at radius 1 is 1.17 bits per heavy atom. The number of carboxylic acid groups (broad SMARTS) is 1. The van der Waals surface area contributed by atoms with E-state index in [1.54, 1.807) is 24.0 Å². The van der Waals surface area contributed by atoms with Crippen molar-refractivity contribution in [2.24, 2.45) is 5.92 Å². The number of piperidine rings is 1. The maximum Gasteiger partial charge on any atom is 0.322 e. The third-order valence-electron chi connectivity index (χ3n) is 7.20. The van der Waals surface area contributed by atoms with E-state index in [0.29, 0.717) is 43.6 Å². The lowest BCUT2D eigenvalue weighted by molar-refractivity contribution is -0.146. The lowest BCUT2D eigenvalue weighted by Gasteiger charge is -2.38. The first kappa shape index (κ1) is 25.3. The number of nitrogens with zero attached hydrogens (tertiary/aromatic N) is 2. The Labute approximate surface area is 210 Å². The van der Waals surface area contributed by atoms with Gasteiger partial charge >= 0.3 is 12.0 Å². The van der Waals surface area contributed by atoms with Crippen LogP contribution < -0.4 is 10.1 Å². The molecular weight excluding hydrogens is 462 g/mol. The normalized spacial score (nSPS) is 17.1. The fourth-order valence-corrected chi connectivity index (χ4v) is 5.13. The summed E-state index contributed by atoms with van der Waals surface area (Å²) < 4.78 is 5.17. The van der Waals surface area contributed by atoms with Crippen LogP contribution in [0.2, 0.25) is 0 Å². The number of nitrogens with one attached hydrogen (secondary N) is 1. The highest BCUT2D eigenvalue weighted by Gasteiger charge is 2.32. The summed E-state index contributed by atoms with van der Waals surface area (Å²) in [6.45, 7) is 3.31. The molecule has 0 bridgehead atoms. The molecule has 2 aliphatic rings. The van der Waals surface area contributed by atoms with E-state index < -0.39 is 11.9 Å². The molecule has 2 heterocycles. The first-order valence-electron chi connectivity index (χ1n) is 12.3. The van der Waals surface area contributed by atoms with Crippen LogP contribution in [0.1, 0.15) is 36.0 Å². The van der Waals surface area contributed by atoms with Gasteiger partial charge in [0.2, 0.25) is 5.91 Å². The molecule has 9 heteroatoms. The highest BCUT2D eigenvalue weighted by Crippen LogP contribution is 2.32. The summed E-state index contributed by atoms with van der Waals surface area (Å²) in [4.78, 5) is 41.3. The molecule has 0 spiro atoms. The van der Waals surface area contributed by atoms with Gasteiger partial charge in [-0.1, -0.05) is 24.3 Å². The SMILES string of the molecule is COc1cc(CC(CC(=O)N2CCC(N3CCc4ccccc4NC3=O)CC2)C(=O)O)cc(C)c1O. The quantitative estimate of drug-likeness (QED) is 0.542. The summed E-state index contributed by atoms with van der Waals surface area (Å²) >= 11 is 0. The topological polar surface area (TPSA) is 119 Å². The molecule has 1 atom stereocenters. The Morgan fingerprint density at radius 2 is 1.89 bits per heavy atom. The van der Waals surface area contributed by atoms with Gasteiger partial charge in [-0.2, -0.15) is 0 Å². The molecule has 36 heavy (non-hydrogen) atoms. The molecule has 0 aliphatic carbocycles. The van der Waals surface area contributed by atoms with E-state index >= 15 is 0 Å². The molecule has 2 aromatic rings. The van der Waals surface area contributed by atoms with Gasteiger partial charge in [0.15, 0.2) is 11.5 Å². The molecule has 0 aromatic heterocycles. The fourth-order valence-electron chi connectivity index (χ4n) is 5.13. The number of phenols is 1. The predicted molar refractivity (Wildman–Crippen MR) is 134 cm³/mol. The second kappa shape index (κ2) is 10.9. The van der Waals surface area contributed by atoms with Crippen LogP contribution >= 0.6 is 0 Å². The number of carboxylic acids is 1. The Hall–Kier alpha value is -3.75. The Kier molecular flexibility index (Phi) is 7.67. The minimum Gasteiger partial charge on any atom is -0.504 e. The second-order valence-electron chi connectivity index (χ2n) is 9.55. The van der Waals surface area contributed by atoms with Gasteiger partial charge in [-0.25, -0.2) is 4.79 Å². The van der Waals surface area contributed by atoms with Crippen molar-refractivity contribution in [1.82, 2.24) is 9.80 Å². The van der Waals surface area contributed by atoms with E-state index in [1.807, 2.05) is 29.2 Å². The van der Waals surface area contributed by atoms with Gasteiger partial charge in [0, 0.05) is 37.8 Å². The van der Waals surface area contributed by atoms with E-state index in [2.05, 4.69) is 5.32 Å². The van der Waals surface area contributed by atoms with Crippen molar-refractivity contribution in [3.63, 3.8) is 0 Å². The number of hydrogen-bond donors (Lipinski definition) is 3. The molecule has 1 fully saturated rings. The summed E-state index contributed by atoms with van der Waals surface area (Å²) in [5.41, 5.74) is 3.23. The minimum atomic E-state index is -1.04. The van der Waals surface area contributed by atoms with Crippen molar-refractivity contribution in [1.29, 1.82) is 0 Å². The summed E-state index contributed by atoms with van der Waals surface area (Å²) in [5.74, 6) is -1.82. The van der Waals surface area contributed by atoms with E-state index in [1.165, 1.54) is 7.11 Å². The molecule has 0 saturated carbocycles. The smallest absolute Gasteiger partial charge is 0.322 e. The van der Waals surface area contributed by atoms with Crippen LogP contribution in [0.3, 0.4) is 0 Å². The maximum absolute atomic E-state index is 13.0. The minimum absolute atomic E-state index is 0.0223. The summed E-state index contributed by atoms with van der Waals surface area (Å²) in [6.07, 6.45) is 2.13. The number of aromatic hydroxyl groups is 1. The number of para-hydroxylation sites is 1. The van der Waals surface area contributed by atoms with Crippen LogP contribution in [0, 0.1) is 12.8 Å². The molecule has 4 rings (SSSR count). The number of aryl methyl sites for hydroxylation is 1. The zero-order chi connectivity index (χ0) is 25.8. The molecule has 192 valence electrons. The fraction of sp³-hybridized carbons (Fsp3) is 0.444. The largest absolute Gasteiger partial charge is 0.504 e. The number of phenolic OH excluding ortho intramolecular Hbond substituents is 1. The molecular formula is C27H33N3O6. The molecule has 9 nitrogen and oxygen atoms in total. The first-order valence-corrected chi connectivity index (χ1v) is 12.3. The van der Waals surface area contributed by atoms with Gasteiger partial charge in [-0.3, -0.25) is 9.59 Å².